The molecular formula is C13H21NO4S. The van der Waals surface area contributed by atoms with Crippen molar-refractivity contribution < 1.29 is 17.9 Å². The molecule has 0 amide bonds. The van der Waals surface area contributed by atoms with E-state index in [0.29, 0.717) is 30.9 Å². The fourth-order valence-electron chi connectivity index (χ4n) is 1.80. The highest BCUT2D eigenvalue weighted by Gasteiger charge is 2.13. The third kappa shape index (κ3) is 5.18. The first-order valence-electron chi connectivity index (χ1n) is 6.07. The molecule has 0 aliphatic carbocycles. The van der Waals surface area contributed by atoms with E-state index in [1.54, 1.807) is 32.4 Å². The number of hydrogen-bond acceptors (Lipinski definition) is 5. The molecule has 5 nitrogen and oxygen atoms in total. The molecule has 0 aliphatic heterocycles. The molecule has 6 heteroatoms. The van der Waals surface area contributed by atoms with Crippen LogP contribution in [-0.4, -0.2) is 35.0 Å². The van der Waals surface area contributed by atoms with Gasteiger partial charge in [-0.2, -0.15) is 0 Å². The Hall–Kier alpha value is -1.11. The number of hydrogen-bond donors (Lipinski definition) is 1. The lowest BCUT2D eigenvalue weighted by Crippen LogP contribution is -2.11. The van der Waals surface area contributed by atoms with Gasteiger partial charge in [-0.3, -0.25) is 0 Å². The van der Waals surface area contributed by atoms with Gasteiger partial charge in [0, 0.05) is 25.8 Å². The zero-order valence-corrected chi connectivity index (χ0v) is 12.2. The van der Waals surface area contributed by atoms with Crippen LogP contribution in [0.15, 0.2) is 18.2 Å². The molecule has 1 aromatic rings. The topological polar surface area (TPSA) is 78.6 Å². The van der Waals surface area contributed by atoms with Crippen molar-refractivity contribution in [1.29, 1.82) is 0 Å². The molecular weight excluding hydrogens is 266 g/mol. The first kappa shape index (κ1) is 15.9. The van der Waals surface area contributed by atoms with Gasteiger partial charge in [0.25, 0.3) is 0 Å². The summed E-state index contributed by atoms with van der Waals surface area (Å²) in [6, 6.07) is 5.31. The summed E-state index contributed by atoms with van der Waals surface area (Å²) in [5, 5.41) is 0. The molecule has 0 aromatic heterocycles. The largest absolute Gasteiger partial charge is 0.496 e. The first-order chi connectivity index (χ1) is 9.02. The molecule has 2 N–H and O–H groups in total. The Balaban J connectivity index is 2.76. The minimum atomic E-state index is -3.12. The average Bonchev–Trinajstić information content (AvgIpc) is 2.38. The lowest BCUT2D eigenvalue weighted by atomic mass is 10.1. The summed E-state index contributed by atoms with van der Waals surface area (Å²) in [6.07, 6.45) is 0.511. The zero-order valence-electron chi connectivity index (χ0n) is 11.4. The molecule has 108 valence electrons. The summed E-state index contributed by atoms with van der Waals surface area (Å²) in [5.74, 6) is 0.770. The van der Waals surface area contributed by atoms with E-state index in [-0.39, 0.29) is 11.5 Å². The maximum atomic E-state index is 11.9. The molecule has 0 heterocycles. The van der Waals surface area contributed by atoms with Crippen molar-refractivity contribution in [2.75, 3.05) is 26.6 Å². The van der Waals surface area contributed by atoms with Gasteiger partial charge in [0.2, 0.25) is 0 Å². The van der Waals surface area contributed by atoms with Crippen molar-refractivity contribution in [3.05, 3.63) is 29.3 Å². The molecule has 0 saturated heterocycles. The Kier molecular flexibility index (Phi) is 6.27. The van der Waals surface area contributed by atoms with Crippen molar-refractivity contribution in [2.24, 2.45) is 5.73 Å². The van der Waals surface area contributed by atoms with Gasteiger partial charge < -0.3 is 15.2 Å². The van der Waals surface area contributed by atoms with Crippen LogP contribution in [-0.2, 0) is 26.9 Å². The van der Waals surface area contributed by atoms with Gasteiger partial charge >= 0.3 is 0 Å². The minimum Gasteiger partial charge on any atom is -0.496 e. The van der Waals surface area contributed by atoms with Gasteiger partial charge in [-0.05, 0) is 18.1 Å². The predicted octanol–water partition coefficient (Wildman–Crippen LogP) is 1.11. The number of sulfone groups is 1. The van der Waals surface area contributed by atoms with E-state index in [1.807, 2.05) is 0 Å². The second-order valence-corrected chi connectivity index (χ2v) is 6.47. The summed E-state index contributed by atoms with van der Waals surface area (Å²) >= 11 is 0. The fraction of sp³-hybridized carbons (Fsp3) is 0.538. The van der Waals surface area contributed by atoms with E-state index in [0.717, 1.165) is 5.56 Å². The number of nitrogens with two attached hydrogens (primary N) is 1. The van der Waals surface area contributed by atoms with Crippen LogP contribution in [0.3, 0.4) is 0 Å². The first-order valence-corrected chi connectivity index (χ1v) is 7.89. The van der Waals surface area contributed by atoms with Crippen molar-refractivity contribution in [3.8, 4) is 5.75 Å². The third-order valence-electron chi connectivity index (χ3n) is 2.76. The third-order valence-corrected chi connectivity index (χ3v) is 4.45. The molecule has 0 unspecified atom stereocenters. The van der Waals surface area contributed by atoms with Crippen LogP contribution in [0.4, 0.5) is 0 Å². The van der Waals surface area contributed by atoms with Crippen LogP contribution < -0.4 is 10.5 Å². The van der Waals surface area contributed by atoms with Crippen molar-refractivity contribution >= 4 is 9.84 Å². The molecule has 0 spiro atoms. The molecule has 0 atom stereocenters. The molecule has 0 saturated carbocycles. The summed E-state index contributed by atoms with van der Waals surface area (Å²) in [7, 11) is -0.0127. The Bertz CT molecular complexity index is 499. The van der Waals surface area contributed by atoms with E-state index in [9.17, 15) is 8.42 Å². The van der Waals surface area contributed by atoms with Gasteiger partial charge in [0.1, 0.15) is 5.75 Å². The maximum Gasteiger partial charge on any atom is 0.154 e. The van der Waals surface area contributed by atoms with E-state index in [1.165, 1.54) is 0 Å². The highest BCUT2D eigenvalue weighted by molar-refractivity contribution is 7.90. The van der Waals surface area contributed by atoms with E-state index in [2.05, 4.69) is 0 Å². The van der Waals surface area contributed by atoms with Gasteiger partial charge in [-0.15, -0.1) is 0 Å². The van der Waals surface area contributed by atoms with Crippen molar-refractivity contribution in [2.45, 2.75) is 18.7 Å². The normalized spacial score (nSPS) is 11.5. The molecule has 1 rings (SSSR count). The van der Waals surface area contributed by atoms with E-state index in [4.69, 9.17) is 15.2 Å². The quantitative estimate of drug-likeness (QED) is 0.724. The second-order valence-electron chi connectivity index (χ2n) is 4.29. The molecule has 0 bridgehead atoms. The van der Waals surface area contributed by atoms with Crippen molar-refractivity contribution in [3.63, 3.8) is 0 Å². The number of benzene rings is 1. The van der Waals surface area contributed by atoms with Gasteiger partial charge in [0.15, 0.2) is 9.84 Å². The van der Waals surface area contributed by atoms with Crippen LogP contribution in [0.5, 0.6) is 5.75 Å². The Morgan fingerprint density at radius 2 is 2.00 bits per heavy atom. The fourth-order valence-corrected chi connectivity index (χ4v) is 3.19. The monoisotopic (exact) mass is 287 g/mol. The predicted molar refractivity (Wildman–Crippen MR) is 74.9 cm³/mol. The van der Waals surface area contributed by atoms with Crippen LogP contribution in [0, 0.1) is 0 Å². The molecule has 0 fully saturated rings. The summed E-state index contributed by atoms with van der Waals surface area (Å²) in [4.78, 5) is 0. The highest BCUT2D eigenvalue weighted by Crippen LogP contribution is 2.21. The van der Waals surface area contributed by atoms with Crippen molar-refractivity contribution in [1.82, 2.24) is 0 Å². The Morgan fingerprint density at radius 3 is 2.58 bits per heavy atom. The van der Waals surface area contributed by atoms with E-state index < -0.39 is 9.84 Å². The SMILES string of the molecule is COCCCS(=O)(=O)Cc1ccc(CN)c(OC)c1. The van der Waals surface area contributed by atoms with Gasteiger partial charge in [-0.25, -0.2) is 8.42 Å². The number of rotatable bonds is 8. The van der Waals surface area contributed by atoms with Crippen LogP contribution in [0.1, 0.15) is 17.5 Å². The van der Waals surface area contributed by atoms with Crippen LogP contribution in [0.25, 0.3) is 0 Å². The summed E-state index contributed by atoms with van der Waals surface area (Å²) in [6.45, 7) is 0.818. The average molecular weight is 287 g/mol. The van der Waals surface area contributed by atoms with Gasteiger partial charge in [-0.1, -0.05) is 12.1 Å². The second kappa shape index (κ2) is 7.47. The molecule has 1 aromatic carbocycles. The minimum absolute atomic E-state index is 0.0118. The smallest absolute Gasteiger partial charge is 0.154 e. The molecule has 0 aliphatic rings. The molecule has 0 radical (unpaired) electrons. The maximum absolute atomic E-state index is 11.9. The molecule has 19 heavy (non-hydrogen) atoms. The summed E-state index contributed by atoms with van der Waals surface area (Å²) < 4.78 is 33.9. The Morgan fingerprint density at radius 1 is 1.26 bits per heavy atom. The lowest BCUT2D eigenvalue weighted by molar-refractivity contribution is 0.199. The number of methoxy groups -OCH3 is 2. The zero-order chi connectivity index (χ0) is 14.3. The van der Waals surface area contributed by atoms with Gasteiger partial charge in [0.05, 0.1) is 18.6 Å². The van der Waals surface area contributed by atoms with Crippen LogP contribution in [0.2, 0.25) is 0 Å². The van der Waals surface area contributed by atoms with Crippen LogP contribution >= 0.6 is 0 Å². The lowest BCUT2D eigenvalue weighted by Gasteiger charge is -2.10. The standard InChI is InChI=1S/C13H21NO4S/c1-17-6-3-7-19(15,16)10-11-4-5-12(9-14)13(8-11)18-2/h4-5,8H,3,6-7,9-10,14H2,1-2H3. The number of ether oxygens (including phenoxy) is 2. The van der Waals surface area contributed by atoms with E-state index >= 15 is 0 Å². The Labute approximate surface area is 114 Å². The highest BCUT2D eigenvalue weighted by atomic mass is 32.2. The summed E-state index contributed by atoms with van der Waals surface area (Å²) in [5.41, 5.74) is 7.15.